The Morgan fingerprint density at radius 3 is 0.662 bits per heavy atom. The summed E-state index contributed by atoms with van der Waals surface area (Å²) in [7, 11) is 0. The lowest BCUT2D eigenvalue weighted by Gasteiger charge is -2.39. The van der Waals surface area contributed by atoms with Crippen molar-refractivity contribution < 1.29 is 9.47 Å². The molecule has 634 valence electrons. The molecule has 22 aromatic rings. The third kappa shape index (κ3) is 13.3. The van der Waals surface area contributed by atoms with E-state index in [1.54, 1.807) is 0 Å². The molecule has 136 heavy (non-hydrogen) atoms. The number of ether oxygens (including phenoxy) is 2. The standard InChI is InChI=1S/C123H75N11O2/c1-7-28-79(29-8-1)106-75-107(80-30-9-2-10-31-80)125-112(124-106)85-56-52-77(53-57-85)89-62-66-95-97-72-93(65-69-99(97)123(104(95)73-89)102-44-21-25-48-110(102)136-111-49-26-22-45-103(111)123)121-132-116(84-38-17-6-18-39-84)128-118(134-121)86-58-50-76(51-59-86)88-40-27-41-91(70-88)119-129-115(83-36-15-5-16-37-83)127-117(133-119)87-60-54-78(55-61-87)90-63-67-94-96-71-92(120-130-113(81-32-11-3-12-33-81)126-114(131-120)82-34-13-4-14-35-82)64-68-98(96)122(105(94)74-90)100-42-19-23-46-108(100)135-109-47-24-20-43-101(109)122/h1-75H. The zero-order valence-electron chi connectivity index (χ0n) is 73.0. The van der Waals surface area contributed by atoms with Gasteiger partial charge in [-0.25, -0.2) is 54.8 Å². The average molecular weight is 1740 g/mol. The van der Waals surface area contributed by atoms with E-state index in [0.717, 1.165) is 201 Å². The Labute approximate surface area is 784 Å². The van der Waals surface area contributed by atoms with Gasteiger partial charge in [0.05, 0.1) is 22.2 Å². The molecular formula is C123H75N11O2. The number of hydrogen-bond donors (Lipinski definition) is 0. The van der Waals surface area contributed by atoms with Gasteiger partial charge in [0.15, 0.2) is 58.2 Å². The number of para-hydroxylation sites is 4. The normalized spacial score (nSPS) is 12.8. The van der Waals surface area contributed by atoms with Gasteiger partial charge in [-0.3, -0.25) is 0 Å². The Morgan fingerprint density at radius 1 is 0.125 bits per heavy atom. The predicted molar refractivity (Wildman–Crippen MR) is 538 cm³/mol. The second-order valence-electron chi connectivity index (χ2n) is 34.6. The SMILES string of the molecule is c1ccc(-c2cc(-c3ccccc3)nc(-c3ccc(-c4ccc5c(c4)C4(c6ccccc6Oc6ccccc64)c4ccc(-c6nc(-c7ccccc7)nc(-c7ccc(-c8cccc(-c9nc(-c%10ccccc%10)nc(-c%10ccc(-c%11ccc%12c(c%11)C%11(c%13ccccc%13Oc%13ccccc%13%11)c%11ccc(-c%13nc(-c%14ccccc%14)nc(-c%14ccccc%14)n%13)cc%11-%12)cc%10)n9)c8)cc7)n6)cc4-5)cc3)n2)cc1. The summed E-state index contributed by atoms with van der Waals surface area (Å²) in [5.74, 6) is 8.99. The van der Waals surface area contributed by atoms with E-state index in [9.17, 15) is 0 Å². The molecule has 26 rings (SSSR count). The molecule has 0 amide bonds. The quantitative estimate of drug-likeness (QED) is 0.0955. The van der Waals surface area contributed by atoms with E-state index in [4.69, 9.17) is 64.3 Å². The number of rotatable bonds is 15. The summed E-state index contributed by atoms with van der Waals surface area (Å²) in [5.41, 5.74) is 30.4. The average Bonchev–Trinajstić information content (AvgIpc) is 1.49. The first kappa shape index (κ1) is 78.7. The van der Waals surface area contributed by atoms with Gasteiger partial charge in [-0.05, 0) is 139 Å². The first-order chi connectivity index (χ1) is 67.3. The highest BCUT2D eigenvalue weighted by Gasteiger charge is 2.53. The summed E-state index contributed by atoms with van der Waals surface area (Å²) >= 11 is 0. The zero-order chi connectivity index (χ0) is 89.8. The molecule has 0 N–H and O–H groups in total. The maximum absolute atomic E-state index is 6.85. The minimum Gasteiger partial charge on any atom is -0.457 e. The zero-order valence-corrected chi connectivity index (χ0v) is 73.0. The van der Waals surface area contributed by atoms with E-state index >= 15 is 0 Å². The van der Waals surface area contributed by atoms with Crippen LogP contribution in [0.3, 0.4) is 0 Å². The molecular weight excluding hydrogens is 1660 g/mol. The maximum Gasteiger partial charge on any atom is 0.164 e. The summed E-state index contributed by atoms with van der Waals surface area (Å²) in [6.45, 7) is 0. The van der Waals surface area contributed by atoms with Crippen molar-refractivity contribution in [2.45, 2.75) is 10.8 Å². The van der Waals surface area contributed by atoms with Crippen molar-refractivity contribution in [3.63, 3.8) is 0 Å². The molecule has 0 atom stereocenters. The third-order valence-corrected chi connectivity index (χ3v) is 26.8. The van der Waals surface area contributed by atoms with Gasteiger partial charge >= 0.3 is 0 Å². The van der Waals surface area contributed by atoms with Crippen LogP contribution < -0.4 is 9.47 Å². The van der Waals surface area contributed by atoms with Crippen LogP contribution in [0.2, 0.25) is 0 Å². The predicted octanol–water partition coefficient (Wildman–Crippen LogP) is 29.0. The largest absolute Gasteiger partial charge is 0.457 e. The first-order valence-electron chi connectivity index (χ1n) is 45.6. The Morgan fingerprint density at radius 2 is 0.346 bits per heavy atom. The minimum absolute atomic E-state index is 0.540. The first-order valence-corrected chi connectivity index (χ1v) is 45.6. The van der Waals surface area contributed by atoms with E-state index < -0.39 is 10.8 Å². The molecule has 0 radical (unpaired) electrons. The van der Waals surface area contributed by atoms with Crippen molar-refractivity contribution in [1.82, 2.24) is 54.8 Å². The molecule has 13 nitrogen and oxygen atoms in total. The van der Waals surface area contributed by atoms with Crippen LogP contribution in [0, 0.1) is 0 Å². The van der Waals surface area contributed by atoms with Gasteiger partial charge in [0, 0.05) is 89.0 Å². The number of fused-ring (bicyclic) bond motifs is 18. The second kappa shape index (κ2) is 32.3. The lowest BCUT2D eigenvalue weighted by molar-refractivity contribution is 0.436. The highest BCUT2D eigenvalue weighted by Crippen LogP contribution is 2.65. The van der Waals surface area contributed by atoms with Gasteiger partial charge in [-0.15, -0.1) is 0 Å². The third-order valence-electron chi connectivity index (χ3n) is 26.8. The molecule has 0 fully saturated rings. The van der Waals surface area contributed by atoms with E-state index in [1.165, 1.54) is 0 Å². The summed E-state index contributed by atoms with van der Waals surface area (Å²) in [6, 6.07) is 159. The van der Waals surface area contributed by atoms with Crippen LogP contribution in [0.1, 0.15) is 44.5 Å². The van der Waals surface area contributed by atoms with Crippen LogP contribution in [0.15, 0.2) is 455 Å². The van der Waals surface area contributed by atoms with Crippen molar-refractivity contribution in [1.29, 1.82) is 0 Å². The van der Waals surface area contributed by atoms with Crippen molar-refractivity contribution >= 4 is 0 Å². The van der Waals surface area contributed by atoms with Gasteiger partial charge in [0.2, 0.25) is 0 Å². The lowest BCUT2D eigenvalue weighted by Crippen LogP contribution is -2.32. The lowest BCUT2D eigenvalue weighted by atomic mass is 9.66. The Kier molecular flexibility index (Phi) is 18.7. The highest BCUT2D eigenvalue weighted by molar-refractivity contribution is 5.95. The highest BCUT2D eigenvalue weighted by atomic mass is 16.5. The Bertz CT molecular complexity index is 8300. The molecule has 2 aliphatic heterocycles. The molecule has 0 unspecified atom stereocenters. The van der Waals surface area contributed by atoms with Crippen molar-refractivity contribution in [3.8, 4) is 215 Å². The molecule has 2 aliphatic carbocycles. The van der Waals surface area contributed by atoms with E-state index in [2.05, 4.69) is 309 Å². The molecule has 6 heterocycles. The Hall–Kier alpha value is -18.3. The van der Waals surface area contributed by atoms with Crippen LogP contribution in [0.5, 0.6) is 23.0 Å². The summed E-state index contributed by atoms with van der Waals surface area (Å²) in [5, 5.41) is 0. The topological polar surface area (TPSA) is 160 Å². The number of hydrogen-bond acceptors (Lipinski definition) is 13. The Balaban J connectivity index is 0.529. The molecule has 0 bridgehead atoms. The molecule has 18 aromatic carbocycles. The van der Waals surface area contributed by atoms with Crippen LogP contribution >= 0.6 is 0 Å². The second-order valence-corrected chi connectivity index (χ2v) is 34.6. The molecule has 13 heteroatoms. The van der Waals surface area contributed by atoms with Crippen LogP contribution in [0.25, 0.3) is 192 Å². The number of aromatic nitrogens is 11. The van der Waals surface area contributed by atoms with E-state index in [0.29, 0.717) is 58.2 Å². The van der Waals surface area contributed by atoms with Crippen LogP contribution in [0.4, 0.5) is 0 Å². The van der Waals surface area contributed by atoms with Crippen molar-refractivity contribution in [3.05, 3.63) is 499 Å². The maximum atomic E-state index is 6.85. The molecule has 4 aliphatic rings. The van der Waals surface area contributed by atoms with Gasteiger partial charge in [0.25, 0.3) is 0 Å². The molecule has 0 saturated carbocycles. The van der Waals surface area contributed by atoms with Gasteiger partial charge in [-0.2, -0.15) is 0 Å². The molecule has 4 aromatic heterocycles. The summed E-state index contributed by atoms with van der Waals surface area (Å²) in [4.78, 5) is 57.6. The fourth-order valence-corrected chi connectivity index (χ4v) is 20.4. The fourth-order valence-electron chi connectivity index (χ4n) is 20.4. The summed E-state index contributed by atoms with van der Waals surface area (Å²) in [6.07, 6.45) is 0. The number of benzene rings is 18. The van der Waals surface area contributed by atoms with E-state index in [1.807, 2.05) is 146 Å². The van der Waals surface area contributed by atoms with Crippen molar-refractivity contribution in [2.24, 2.45) is 0 Å². The fraction of sp³-hybridized carbons (Fsp3) is 0.0163. The smallest absolute Gasteiger partial charge is 0.164 e. The van der Waals surface area contributed by atoms with Crippen LogP contribution in [-0.4, -0.2) is 54.8 Å². The van der Waals surface area contributed by atoms with Crippen molar-refractivity contribution in [2.75, 3.05) is 0 Å². The minimum atomic E-state index is -0.765. The van der Waals surface area contributed by atoms with Gasteiger partial charge in [-0.1, -0.05) is 394 Å². The monoisotopic (exact) mass is 1740 g/mol. The van der Waals surface area contributed by atoms with Gasteiger partial charge < -0.3 is 9.47 Å². The van der Waals surface area contributed by atoms with E-state index in [-0.39, 0.29) is 0 Å². The number of nitrogens with zero attached hydrogens (tertiary/aromatic N) is 11. The molecule has 2 spiro atoms. The van der Waals surface area contributed by atoms with Gasteiger partial charge in [0.1, 0.15) is 23.0 Å². The molecule has 0 saturated heterocycles. The summed E-state index contributed by atoms with van der Waals surface area (Å²) < 4.78 is 13.7. The van der Waals surface area contributed by atoms with Crippen LogP contribution in [-0.2, 0) is 10.8 Å².